The lowest BCUT2D eigenvalue weighted by Gasteiger charge is -2.01. The van der Waals surface area contributed by atoms with Gasteiger partial charge in [0.05, 0.1) is 7.11 Å². The molecule has 0 aromatic heterocycles. The molecular formula is C2H9IN4O2S. The minimum atomic E-state index is -0.572. The summed E-state index contributed by atoms with van der Waals surface area (Å²) in [4.78, 5) is 14.7. The molecule has 5 N–H and O–H groups in total. The zero-order chi connectivity index (χ0) is 7.11. The first-order valence-corrected chi connectivity index (χ1v) is 2.83. The summed E-state index contributed by atoms with van der Waals surface area (Å²) in [5, 5.41) is 0. The smallest absolute Gasteiger partial charge is 0.422 e. The highest BCUT2D eigenvalue weighted by molar-refractivity contribution is 14.0. The maximum atomic E-state index is 10.2. The van der Waals surface area contributed by atoms with Gasteiger partial charge < -0.3 is 4.74 Å². The van der Waals surface area contributed by atoms with Gasteiger partial charge in [-0.05, 0) is 0 Å². The summed E-state index contributed by atoms with van der Waals surface area (Å²) in [5.41, 5.74) is 2.14. The second kappa shape index (κ2) is 9.23. The third-order valence-corrected chi connectivity index (χ3v) is 0.770. The number of ether oxygens (including phenoxy) is 1. The maximum Gasteiger partial charge on any atom is 0.422 e. The monoisotopic (exact) mass is 280 g/mol. The number of halogens is 1. The Morgan fingerprint density at radius 2 is 2.30 bits per heavy atom. The summed E-state index contributed by atoms with van der Waals surface area (Å²) in [5.74, 6) is 4.81. The Morgan fingerprint density at radius 1 is 1.70 bits per heavy atom. The van der Waals surface area contributed by atoms with E-state index in [9.17, 15) is 4.79 Å². The molecule has 0 fully saturated rings. The first-order valence-electron chi connectivity index (χ1n) is 2.01. The van der Waals surface area contributed by atoms with E-state index in [1.54, 1.807) is 0 Å². The largest absolute Gasteiger partial charge is 0.452 e. The van der Waals surface area contributed by atoms with Crippen LogP contribution >= 0.6 is 36.1 Å². The minimum Gasteiger partial charge on any atom is -0.452 e. The summed E-state index contributed by atoms with van der Waals surface area (Å²) < 4.78 is 4.20. The van der Waals surface area contributed by atoms with Crippen molar-refractivity contribution in [3.8, 4) is 0 Å². The standard InChI is InChI=1S/C2H8N4O2S.HI/c1-8-2(7)4-6-9-5-3;/h5-6H,3H2,1H3,(H,4,7);1H. The first kappa shape index (κ1) is 12.9. The van der Waals surface area contributed by atoms with Crippen molar-refractivity contribution in [1.29, 1.82) is 0 Å². The molecule has 0 bridgehead atoms. The average Bonchev–Trinajstić information content (AvgIpc) is 1.89. The lowest BCUT2D eigenvalue weighted by atomic mass is 11.2. The van der Waals surface area contributed by atoms with E-state index in [0.29, 0.717) is 0 Å². The lowest BCUT2D eigenvalue weighted by Crippen LogP contribution is -2.35. The van der Waals surface area contributed by atoms with E-state index in [1.807, 2.05) is 0 Å². The number of amides is 1. The molecule has 10 heavy (non-hydrogen) atoms. The molecule has 0 radical (unpaired) electrons. The highest BCUT2D eigenvalue weighted by Crippen LogP contribution is 1.74. The van der Waals surface area contributed by atoms with Gasteiger partial charge in [-0.25, -0.2) is 10.2 Å². The van der Waals surface area contributed by atoms with Crippen LogP contribution in [0.25, 0.3) is 0 Å². The van der Waals surface area contributed by atoms with E-state index in [4.69, 9.17) is 5.84 Å². The van der Waals surface area contributed by atoms with E-state index in [0.717, 1.165) is 12.1 Å². The Hall–Kier alpha value is 0.230. The van der Waals surface area contributed by atoms with E-state index >= 15 is 0 Å². The maximum absolute atomic E-state index is 10.2. The summed E-state index contributed by atoms with van der Waals surface area (Å²) in [6, 6.07) is 0. The van der Waals surface area contributed by atoms with Crippen LogP contribution in [-0.2, 0) is 4.74 Å². The molecule has 0 rings (SSSR count). The van der Waals surface area contributed by atoms with E-state index < -0.39 is 6.09 Å². The highest BCUT2D eigenvalue weighted by Gasteiger charge is 1.92. The molecule has 0 unspecified atom stereocenters. The molecule has 1 amide bonds. The average molecular weight is 280 g/mol. The van der Waals surface area contributed by atoms with Crippen LogP contribution in [0.15, 0.2) is 0 Å². The van der Waals surface area contributed by atoms with Crippen molar-refractivity contribution >= 4 is 42.2 Å². The van der Waals surface area contributed by atoms with Crippen molar-refractivity contribution in [3.63, 3.8) is 0 Å². The van der Waals surface area contributed by atoms with Crippen LogP contribution in [0.4, 0.5) is 4.79 Å². The number of rotatable bonds is 3. The Labute approximate surface area is 79.8 Å². The van der Waals surface area contributed by atoms with Crippen molar-refractivity contribution in [2.75, 3.05) is 7.11 Å². The second-order valence-corrected chi connectivity index (χ2v) is 1.58. The fraction of sp³-hybridized carbons (Fsp3) is 0.500. The van der Waals surface area contributed by atoms with Gasteiger partial charge in [0.2, 0.25) is 0 Å². The van der Waals surface area contributed by atoms with Crippen molar-refractivity contribution < 1.29 is 9.53 Å². The van der Waals surface area contributed by atoms with Crippen LogP contribution < -0.4 is 20.9 Å². The van der Waals surface area contributed by atoms with Gasteiger partial charge in [0.25, 0.3) is 0 Å². The lowest BCUT2D eigenvalue weighted by molar-refractivity contribution is 0.169. The SMILES string of the molecule is COC(=O)NNSNN.I. The van der Waals surface area contributed by atoms with Crippen LogP contribution in [-0.4, -0.2) is 13.2 Å². The molecule has 0 aliphatic heterocycles. The predicted molar refractivity (Wildman–Crippen MR) is 49.0 cm³/mol. The number of nitrogens with one attached hydrogen (secondary N) is 3. The van der Waals surface area contributed by atoms with E-state index in [-0.39, 0.29) is 24.0 Å². The fourth-order valence-corrected chi connectivity index (χ4v) is 0.341. The van der Waals surface area contributed by atoms with E-state index in [2.05, 4.69) is 19.8 Å². The molecule has 0 spiro atoms. The molecule has 0 saturated carbocycles. The van der Waals surface area contributed by atoms with Gasteiger partial charge in [-0.2, -0.15) is 9.66 Å². The topological polar surface area (TPSA) is 88.4 Å². The molecule has 62 valence electrons. The number of hydrogen-bond donors (Lipinski definition) is 4. The summed E-state index contributed by atoms with van der Waals surface area (Å²) in [7, 11) is 1.26. The summed E-state index contributed by atoms with van der Waals surface area (Å²) in [6.07, 6.45) is -0.572. The number of methoxy groups -OCH3 is 1. The molecule has 0 saturated heterocycles. The van der Waals surface area contributed by atoms with Crippen LogP contribution in [0.1, 0.15) is 0 Å². The van der Waals surface area contributed by atoms with Crippen molar-refractivity contribution in [2.24, 2.45) is 5.84 Å². The second-order valence-electron chi connectivity index (χ2n) is 0.939. The van der Waals surface area contributed by atoms with Crippen molar-refractivity contribution in [3.05, 3.63) is 0 Å². The Morgan fingerprint density at radius 3 is 2.70 bits per heavy atom. The number of nitrogens with two attached hydrogens (primary N) is 1. The van der Waals surface area contributed by atoms with Gasteiger partial charge in [-0.15, -0.1) is 24.0 Å². The zero-order valence-corrected chi connectivity index (χ0v) is 8.36. The minimum absolute atomic E-state index is 0. The third kappa shape index (κ3) is 8.23. The van der Waals surface area contributed by atoms with Crippen LogP contribution in [0.2, 0.25) is 0 Å². The third-order valence-electron chi connectivity index (χ3n) is 0.448. The Kier molecular flexibility index (Phi) is 11.9. The molecule has 6 nitrogen and oxygen atoms in total. The Bertz CT molecular complexity index is 93.3. The molecule has 0 aliphatic rings. The van der Waals surface area contributed by atoms with Gasteiger partial charge in [0.1, 0.15) is 0 Å². The van der Waals surface area contributed by atoms with Gasteiger partial charge in [0, 0.05) is 12.1 Å². The molecule has 0 heterocycles. The molecule has 0 aromatic carbocycles. The fourth-order valence-electron chi connectivity index (χ4n) is 0.148. The quantitative estimate of drug-likeness (QED) is 0.183. The van der Waals surface area contributed by atoms with Gasteiger partial charge in [-0.1, -0.05) is 0 Å². The van der Waals surface area contributed by atoms with Crippen LogP contribution in [0.5, 0.6) is 0 Å². The Balaban J connectivity index is 0. The normalized spacial score (nSPS) is 7.80. The number of carbonyl (C=O) groups is 1. The molecule has 8 heteroatoms. The first-order chi connectivity index (χ1) is 4.31. The van der Waals surface area contributed by atoms with Crippen molar-refractivity contribution in [1.82, 2.24) is 15.1 Å². The van der Waals surface area contributed by atoms with Crippen LogP contribution in [0, 0.1) is 0 Å². The number of hydrazine groups is 2. The van der Waals surface area contributed by atoms with Gasteiger partial charge >= 0.3 is 6.09 Å². The zero-order valence-electron chi connectivity index (χ0n) is 5.21. The number of hydrogen-bond acceptors (Lipinski definition) is 6. The predicted octanol–water partition coefficient (Wildman–Crippen LogP) is -0.508. The van der Waals surface area contributed by atoms with Crippen molar-refractivity contribution in [2.45, 2.75) is 0 Å². The molecule has 0 aliphatic carbocycles. The summed E-state index contributed by atoms with van der Waals surface area (Å²) in [6.45, 7) is 0. The van der Waals surface area contributed by atoms with Gasteiger partial charge in [0.15, 0.2) is 0 Å². The van der Waals surface area contributed by atoms with Gasteiger partial charge in [-0.3, -0.25) is 5.84 Å². The number of carbonyl (C=O) groups excluding carboxylic acids is 1. The molecular weight excluding hydrogens is 271 g/mol. The molecule has 0 aromatic rings. The van der Waals surface area contributed by atoms with E-state index in [1.165, 1.54) is 7.11 Å². The highest BCUT2D eigenvalue weighted by atomic mass is 127. The molecule has 0 atom stereocenters. The van der Waals surface area contributed by atoms with Crippen LogP contribution in [0.3, 0.4) is 0 Å². The summed E-state index contributed by atoms with van der Waals surface area (Å²) >= 11 is 0.918.